The summed E-state index contributed by atoms with van der Waals surface area (Å²) >= 11 is 6.19. The van der Waals surface area contributed by atoms with Gasteiger partial charge in [-0.05, 0) is 61.7 Å². The maximum atomic E-state index is 14.5. The van der Waals surface area contributed by atoms with Crippen molar-refractivity contribution >= 4 is 35.0 Å². The largest absolute Gasteiger partial charge is 0.460 e. The van der Waals surface area contributed by atoms with Crippen LogP contribution < -0.4 is 5.73 Å². The molecule has 0 saturated heterocycles. The van der Waals surface area contributed by atoms with Crippen molar-refractivity contribution in [3.05, 3.63) is 94.0 Å². The topological polar surface area (TPSA) is 104 Å². The lowest BCUT2D eigenvalue weighted by Gasteiger charge is -2.22. The Hall–Kier alpha value is -3.91. The van der Waals surface area contributed by atoms with Crippen LogP contribution in [0.25, 0.3) is 11.1 Å². The monoisotopic (exact) mass is 527 g/mol. The molecule has 1 atom stereocenters. The molecule has 0 aliphatic heterocycles. The van der Waals surface area contributed by atoms with Gasteiger partial charge < -0.3 is 10.5 Å². The Labute approximate surface area is 217 Å². The molecule has 0 aliphatic carbocycles. The first kappa shape index (κ1) is 27.7. The number of rotatable bonds is 8. The normalized spacial score (nSPS) is 12.1. The first-order valence-electron chi connectivity index (χ1n) is 11.2. The van der Waals surface area contributed by atoms with Crippen molar-refractivity contribution in [3.8, 4) is 11.1 Å². The fourth-order valence-corrected chi connectivity index (χ4v) is 4.03. The highest BCUT2D eigenvalue weighted by Gasteiger charge is 2.31. The molecule has 192 valence electrons. The molecule has 0 heterocycles. The van der Waals surface area contributed by atoms with Crippen LogP contribution >= 0.6 is 11.6 Å². The number of hydrogen-bond acceptors (Lipinski definition) is 5. The molecule has 3 rings (SSSR count). The van der Waals surface area contributed by atoms with Gasteiger partial charge in [0.25, 0.3) is 11.7 Å². The van der Waals surface area contributed by atoms with Gasteiger partial charge in [0.2, 0.25) is 0 Å². The fourth-order valence-electron chi connectivity index (χ4n) is 3.77. The number of Topliss-reactive ketones (excluding diaryl/α,β-unsaturated/α-hetero) is 2. The second-order valence-corrected chi connectivity index (χ2v) is 9.72. The molecule has 0 bridgehead atoms. The molecule has 2 N–H and O–H groups in total. The van der Waals surface area contributed by atoms with Gasteiger partial charge in [0, 0.05) is 5.56 Å². The highest BCUT2D eigenvalue weighted by Crippen LogP contribution is 2.32. The van der Waals surface area contributed by atoms with E-state index in [-0.39, 0.29) is 10.6 Å². The Balaban J connectivity index is 2.06. The molecule has 0 aliphatic rings. The van der Waals surface area contributed by atoms with Gasteiger partial charge >= 0.3 is 5.97 Å². The van der Waals surface area contributed by atoms with Crippen molar-refractivity contribution in [2.24, 2.45) is 5.73 Å². The molecular formula is C28H24ClF2NO5. The molecular weight excluding hydrogens is 504 g/mol. The van der Waals surface area contributed by atoms with Crippen LogP contribution in [-0.2, 0) is 14.3 Å². The summed E-state index contributed by atoms with van der Waals surface area (Å²) in [6.07, 6.45) is -0.458. The average molecular weight is 528 g/mol. The summed E-state index contributed by atoms with van der Waals surface area (Å²) in [5, 5.41) is -0.0125. The quantitative estimate of drug-likeness (QED) is 0.231. The van der Waals surface area contributed by atoms with E-state index in [0.717, 1.165) is 18.2 Å². The molecule has 37 heavy (non-hydrogen) atoms. The second kappa shape index (κ2) is 11.0. The Morgan fingerprint density at radius 2 is 1.51 bits per heavy atom. The van der Waals surface area contributed by atoms with Gasteiger partial charge in [-0.2, -0.15) is 0 Å². The molecule has 0 saturated carbocycles. The van der Waals surface area contributed by atoms with Gasteiger partial charge in [0.1, 0.15) is 17.2 Å². The van der Waals surface area contributed by atoms with E-state index in [1.165, 1.54) is 18.2 Å². The van der Waals surface area contributed by atoms with Gasteiger partial charge in [-0.15, -0.1) is 0 Å². The van der Waals surface area contributed by atoms with E-state index in [0.29, 0.717) is 16.7 Å². The standard InChI is InChI=1S/C28H24ClF2NO5/c1-28(2,3)37-23(33)14-19(25(34)24-21(30)8-5-9-22(24)31)17-7-4-6-15(12-17)16-10-11-18(20(29)13-16)26(35)27(32)36/h4-13,19H,14H2,1-3H3,(H2,32,36). The third-order valence-corrected chi connectivity index (χ3v) is 5.69. The molecule has 0 spiro atoms. The molecule has 9 heteroatoms. The maximum absolute atomic E-state index is 14.5. The number of carbonyl (C=O) groups is 4. The number of ketones is 2. The number of nitrogens with two attached hydrogens (primary N) is 1. The SMILES string of the molecule is CC(C)(C)OC(=O)CC(C(=O)c1c(F)cccc1F)c1cccc(-c2ccc(C(=O)C(N)=O)c(Cl)c2)c1. The number of ether oxygens (including phenoxy) is 1. The van der Waals surface area contributed by atoms with Crippen molar-refractivity contribution in [2.75, 3.05) is 0 Å². The summed E-state index contributed by atoms with van der Waals surface area (Å²) in [5.41, 5.74) is 4.76. The summed E-state index contributed by atoms with van der Waals surface area (Å²) in [7, 11) is 0. The Morgan fingerprint density at radius 1 is 0.919 bits per heavy atom. The Morgan fingerprint density at radius 3 is 2.08 bits per heavy atom. The smallest absolute Gasteiger partial charge is 0.307 e. The van der Waals surface area contributed by atoms with Gasteiger partial charge in [-0.1, -0.05) is 48.0 Å². The number of primary amides is 1. The minimum Gasteiger partial charge on any atom is -0.460 e. The van der Waals surface area contributed by atoms with Crippen LogP contribution in [-0.4, -0.2) is 29.0 Å². The Kier molecular flexibility index (Phi) is 8.23. The lowest BCUT2D eigenvalue weighted by molar-refractivity contribution is -0.155. The Bertz CT molecular complexity index is 1380. The predicted molar refractivity (Wildman–Crippen MR) is 134 cm³/mol. The molecule has 0 aromatic heterocycles. The van der Waals surface area contributed by atoms with E-state index < -0.39 is 58.6 Å². The van der Waals surface area contributed by atoms with Gasteiger partial charge in [0.15, 0.2) is 5.78 Å². The van der Waals surface area contributed by atoms with Crippen LogP contribution in [0.15, 0.2) is 60.7 Å². The summed E-state index contributed by atoms with van der Waals surface area (Å²) in [4.78, 5) is 49.2. The highest BCUT2D eigenvalue weighted by atomic mass is 35.5. The van der Waals surface area contributed by atoms with E-state index in [1.807, 2.05) is 0 Å². The average Bonchev–Trinajstić information content (AvgIpc) is 2.80. The third kappa shape index (κ3) is 6.65. The van der Waals surface area contributed by atoms with Crippen molar-refractivity contribution in [1.82, 2.24) is 0 Å². The van der Waals surface area contributed by atoms with Gasteiger partial charge in [-0.25, -0.2) is 8.78 Å². The van der Waals surface area contributed by atoms with Crippen molar-refractivity contribution in [2.45, 2.75) is 38.7 Å². The van der Waals surface area contributed by atoms with Crippen LogP contribution in [0.4, 0.5) is 8.78 Å². The summed E-state index contributed by atoms with van der Waals surface area (Å²) in [6.45, 7) is 4.99. The van der Waals surface area contributed by atoms with Gasteiger partial charge in [0.05, 0.1) is 22.9 Å². The van der Waals surface area contributed by atoms with E-state index >= 15 is 0 Å². The van der Waals surface area contributed by atoms with Crippen molar-refractivity contribution < 1.29 is 32.7 Å². The van der Waals surface area contributed by atoms with Gasteiger partial charge in [-0.3, -0.25) is 19.2 Å². The summed E-state index contributed by atoms with van der Waals surface area (Å²) in [6, 6.07) is 13.8. The second-order valence-electron chi connectivity index (χ2n) is 9.32. The molecule has 3 aromatic rings. The van der Waals surface area contributed by atoms with Crippen LogP contribution in [0.5, 0.6) is 0 Å². The zero-order valence-corrected chi connectivity index (χ0v) is 21.1. The first-order chi connectivity index (χ1) is 17.3. The zero-order chi connectivity index (χ0) is 27.5. The van der Waals surface area contributed by atoms with E-state index in [4.69, 9.17) is 22.1 Å². The van der Waals surface area contributed by atoms with Crippen LogP contribution in [0, 0.1) is 11.6 Å². The minimum absolute atomic E-state index is 0.0125. The van der Waals surface area contributed by atoms with Crippen molar-refractivity contribution in [1.29, 1.82) is 0 Å². The predicted octanol–water partition coefficient (Wildman–Crippen LogP) is 5.65. The summed E-state index contributed by atoms with van der Waals surface area (Å²) < 4.78 is 34.3. The highest BCUT2D eigenvalue weighted by molar-refractivity contribution is 6.46. The van der Waals surface area contributed by atoms with E-state index in [1.54, 1.807) is 45.0 Å². The molecule has 3 aromatic carbocycles. The molecule has 0 fully saturated rings. The van der Waals surface area contributed by atoms with Crippen LogP contribution in [0.2, 0.25) is 5.02 Å². The molecule has 0 radical (unpaired) electrons. The first-order valence-corrected chi connectivity index (χ1v) is 11.6. The van der Waals surface area contributed by atoms with E-state index in [2.05, 4.69) is 0 Å². The van der Waals surface area contributed by atoms with Crippen LogP contribution in [0.3, 0.4) is 0 Å². The number of carbonyl (C=O) groups excluding carboxylic acids is 4. The number of amides is 1. The number of benzene rings is 3. The van der Waals surface area contributed by atoms with Crippen LogP contribution in [0.1, 0.15) is 59.4 Å². The van der Waals surface area contributed by atoms with Crippen molar-refractivity contribution in [3.63, 3.8) is 0 Å². The molecule has 6 nitrogen and oxygen atoms in total. The third-order valence-electron chi connectivity index (χ3n) is 5.38. The lowest BCUT2D eigenvalue weighted by atomic mass is 9.86. The molecule has 1 unspecified atom stereocenters. The zero-order valence-electron chi connectivity index (χ0n) is 20.3. The minimum atomic E-state index is -1.26. The number of hydrogen-bond donors (Lipinski definition) is 1. The number of esters is 1. The summed E-state index contributed by atoms with van der Waals surface area (Å²) in [5.74, 6) is -7.08. The molecule has 1 amide bonds. The maximum Gasteiger partial charge on any atom is 0.307 e. The fraction of sp³-hybridized carbons (Fsp3) is 0.214. The number of halogens is 3. The lowest BCUT2D eigenvalue weighted by Crippen LogP contribution is -2.27. The van der Waals surface area contributed by atoms with E-state index in [9.17, 15) is 28.0 Å².